The Morgan fingerprint density at radius 2 is 2.00 bits per heavy atom. The molecule has 9 heteroatoms. The van der Waals surface area contributed by atoms with Gasteiger partial charge in [0.05, 0.1) is 29.2 Å². The molecule has 0 radical (unpaired) electrons. The van der Waals surface area contributed by atoms with E-state index in [1.807, 2.05) is 53.6 Å². The quantitative estimate of drug-likeness (QED) is 0.312. The van der Waals surface area contributed by atoms with E-state index >= 15 is 0 Å². The fourth-order valence-corrected chi connectivity index (χ4v) is 5.16. The lowest BCUT2D eigenvalue weighted by molar-refractivity contribution is 0.197. The highest BCUT2D eigenvalue weighted by atomic mass is 35.5. The summed E-state index contributed by atoms with van der Waals surface area (Å²) in [5.41, 5.74) is 6.47. The predicted octanol–water partition coefficient (Wildman–Crippen LogP) is 5.88. The van der Waals surface area contributed by atoms with Crippen molar-refractivity contribution in [2.75, 3.05) is 23.7 Å². The Bertz CT molecular complexity index is 1530. The minimum atomic E-state index is -0.0992. The zero-order valence-corrected chi connectivity index (χ0v) is 20.9. The van der Waals surface area contributed by atoms with E-state index in [-0.39, 0.29) is 12.1 Å². The van der Waals surface area contributed by atoms with E-state index in [2.05, 4.69) is 32.2 Å². The van der Waals surface area contributed by atoms with Crippen LogP contribution in [-0.4, -0.2) is 50.7 Å². The van der Waals surface area contributed by atoms with Gasteiger partial charge in [-0.2, -0.15) is 0 Å². The number of benzene rings is 2. The Kier molecular flexibility index (Phi) is 6.10. The fraction of sp³-hybridized carbons (Fsp3) is 0.214. The number of H-pyrrole nitrogens is 1. The van der Waals surface area contributed by atoms with E-state index in [0.717, 1.165) is 51.8 Å². The molecular formula is C28H26ClN7O. The van der Waals surface area contributed by atoms with Crippen molar-refractivity contribution in [2.45, 2.75) is 25.4 Å². The third-order valence-corrected chi connectivity index (χ3v) is 7.23. The molecular weight excluding hydrogens is 486 g/mol. The van der Waals surface area contributed by atoms with Gasteiger partial charge in [-0.05, 0) is 42.7 Å². The molecule has 2 aliphatic heterocycles. The monoisotopic (exact) mass is 511 g/mol. The van der Waals surface area contributed by atoms with Crippen LogP contribution >= 0.6 is 11.6 Å². The van der Waals surface area contributed by atoms with Gasteiger partial charge in [-0.15, -0.1) is 0 Å². The van der Waals surface area contributed by atoms with Crippen LogP contribution in [-0.2, 0) is 6.54 Å². The van der Waals surface area contributed by atoms with E-state index in [0.29, 0.717) is 36.3 Å². The average molecular weight is 512 g/mol. The number of carbonyl (C=O) groups is 1. The number of fused-ring (bicyclic) bond motifs is 2. The van der Waals surface area contributed by atoms with Crippen molar-refractivity contribution < 1.29 is 4.79 Å². The van der Waals surface area contributed by atoms with Crippen LogP contribution in [0.3, 0.4) is 0 Å². The second-order valence-electron chi connectivity index (χ2n) is 9.25. The molecule has 8 nitrogen and oxygen atoms in total. The third kappa shape index (κ3) is 4.56. The standard InChI is InChI=1S/C28H26ClN7O/c1-2-24-21-13-19(8-7-17(21)14-30-24)34-28(37)36-11-9-18(10-12-36)33-27-32-16-23(29)26(35-27)22-15-31-25-6-4-3-5-20(22)25/h2-8,13,15-16,18,31H,1,9-12,14H2,(H,34,37)(H,32,33,35). The molecule has 2 amide bonds. The van der Waals surface area contributed by atoms with Crippen molar-refractivity contribution in [1.29, 1.82) is 0 Å². The van der Waals surface area contributed by atoms with Crippen molar-refractivity contribution >= 4 is 45.9 Å². The number of nitrogens with one attached hydrogen (secondary N) is 3. The van der Waals surface area contributed by atoms with Crippen LogP contribution < -0.4 is 10.6 Å². The summed E-state index contributed by atoms with van der Waals surface area (Å²) in [4.78, 5) is 31.6. The van der Waals surface area contributed by atoms with Crippen molar-refractivity contribution in [1.82, 2.24) is 19.9 Å². The number of hydrogen-bond donors (Lipinski definition) is 3. The Labute approximate surface area is 219 Å². The number of urea groups is 1. The molecule has 4 aromatic rings. The topological polar surface area (TPSA) is 98.3 Å². The van der Waals surface area contributed by atoms with E-state index in [4.69, 9.17) is 16.6 Å². The minimum absolute atomic E-state index is 0.0992. The van der Waals surface area contributed by atoms with Crippen molar-refractivity contribution in [3.05, 3.63) is 83.7 Å². The van der Waals surface area contributed by atoms with Gasteiger partial charge in [-0.3, -0.25) is 4.99 Å². The first kappa shape index (κ1) is 23.2. The van der Waals surface area contributed by atoms with Crippen LogP contribution in [0.25, 0.3) is 22.2 Å². The number of amides is 2. The number of nitrogens with zero attached hydrogens (tertiary/aromatic N) is 4. The van der Waals surface area contributed by atoms with E-state index in [9.17, 15) is 4.79 Å². The number of aromatic nitrogens is 3. The summed E-state index contributed by atoms with van der Waals surface area (Å²) >= 11 is 6.47. The third-order valence-electron chi connectivity index (χ3n) is 6.95. The summed E-state index contributed by atoms with van der Waals surface area (Å²) in [5.74, 6) is 0.533. The Morgan fingerprint density at radius 1 is 1.16 bits per heavy atom. The number of para-hydroxylation sites is 1. The summed E-state index contributed by atoms with van der Waals surface area (Å²) < 4.78 is 0. The lowest BCUT2D eigenvalue weighted by Crippen LogP contribution is -2.44. The number of aromatic amines is 1. The molecule has 0 saturated carbocycles. The fourth-order valence-electron chi connectivity index (χ4n) is 4.97. The van der Waals surface area contributed by atoms with E-state index in [1.54, 1.807) is 12.3 Å². The zero-order valence-electron chi connectivity index (χ0n) is 20.2. The summed E-state index contributed by atoms with van der Waals surface area (Å²) in [6.07, 6.45) is 6.89. The first-order valence-corrected chi connectivity index (χ1v) is 12.7. The minimum Gasteiger partial charge on any atom is -0.360 e. The molecule has 2 aromatic heterocycles. The van der Waals surface area contributed by atoms with Crippen LogP contribution in [0.4, 0.5) is 16.4 Å². The number of rotatable bonds is 5. The normalized spacial score (nSPS) is 15.4. The molecule has 0 unspecified atom stereocenters. The maximum Gasteiger partial charge on any atom is 0.321 e. The molecule has 0 spiro atoms. The maximum absolute atomic E-state index is 12.9. The van der Waals surface area contributed by atoms with Gasteiger partial charge in [0.2, 0.25) is 5.95 Å². The van der Waals surface area contributed by atoms with Crippen molar-refractivity contribution in [3.8, 4) is 11.3 Å². The molecule has 3 N–H and O–H groups in total. The van der Waals surface area contributed by atoms with Gasteiger partial charge in [0.15, 0.2) is 0 Å². The highest BCUT2D eigenvalue weighted by Gasteiger charge is 2.24. The van der Waals surface area contributed by atoms with Crippen LogP contribution in [0.1, 0.15) is 24.0 Å². The molecule has 1 saturated heterocycles. The highest BCUT2D eigenvalue weighted by molar-refractivity contribution is 6.33. The van der Waals surface area contributed by atoms with Gasteiger partial charge in [-0.25, -0.2) is 14.8 Å². The molecule has 0 atom stereocenters. The van der Waals surface area contributed by atoms with Crippen LogP contribution in [0.2, 0.25) is 5.02 Å². The van der Waals surface area contributed by atoms with Crippen LogP contribution in [0.15, 0.2) is 72.5 Å². The lowest BCUT2D eigenvalue weighted by Gasteiger charge is -2.32. The van der Waals surface area contributed by atoms with Crippen LogP contribution in [0, 0.1) is 0 Å². The number of carbonyl (C=O) groups excluding carboxylic acids is 1. The Hall–Kier alpha value is -4.17. The Morgan fingerprint density at radius 3 is 2.84 bits per heavy atom. The van der Waals surface area contributed by atoms with Crippen molar-refractivity contribution in [2.24, 2.45) is 4.99 Å². The van der Waals surface area contributed by atoms with Gasteiger partial charge in [0, 0.05) is 53.0 Å². The number of likely N-dealkylation sites (tertiary alicyclic amines) is 1. The SMILES string of the molecule is C=CC1=NCc2ccc(NC(=O)N3CCC(Nc4ncc(Cl)c(-c5c[nH]c6ccccc56)n4)CC3)cc21. The molecule has 4 heterocycles. The number of hydrogen-bond acceptors (Lipinski definition) is 5. The number of halogens is 1. The second kappa shape index (κ2) is 9.71. The summed E-state index contributed by atoms with van der Waals surface area (Å²) in [6, 6.07) is 14.0. The van der Waals surface area contributed by atoms with Crippen molar-refractivity contribution in [3.63, 3.8) is 0 Å². The summed E-state index contributed by atoms with van der Waals surface area (Å²) in [7, 11) is 0. The molecule has 1 fully saturated rings. The maximum atomic E-state index is 12.9. The molecule has 2 aromatic carbocycles. The summed E-state index contributed by atoms with van der Waals surface area (Å²) in [6.45, 7) is 5.76. The second-order valence-corrected chi connectivity index (χ2v) is 9.66. The number of piperidine rings is 1. The highest BCUT2D eigenvalue weighted by Crippen LogP contribution is 2.32. The van der Waals surface area contributed by atoms with Gasteiger partial charge < -0.3 is 20.5 Å². The average Bonchev–Trinajstić information content (AvgIpc) is 3.54. The molecule has 6 rings (SSSR count). The number of allylic oxidation sites excluding steroid dienone is 1. The van der Waals surface area contributed by atoms with Gasteiger partial charge in [0.1, 0.15) is 0 Å². The Balaban J connectivity index is 1.09. The lowest BCUT2D eigenvalue weighted by atomic mass is 10.0. The molecule has 37 heavy (non-hydrogen) atoms. The summed E-state index contributed by atoms with van der Waals surface area (Å²) in [5, 5.41) is 8.02. The van der Waals surface area contributed by atoms with Gasteiger partial charge in [-0.1, -0.05) is 42.4 Å². The molecule has 186 valence electrons. The largest absolute Gasteiger partial charge is 0.360 e. The number of anilines is 2. The van der Waals surface area contributed by atoms with E-state index in [1.165, 1.54) is 0 Å². The van der Waals surface area contributed by atoms with E-state index < -0.39 is 0 Å². The van der Waals surface area contributed by atoms with Gasteiger partial charge >= 0.3 is 6.03 Å². The zero-order chi connectivity index (χ0) is 25.4. The molecule has 0 aliphatic carbocycles. The predicted molar refractivity (Wildman–Crippen MR) is 148 cm³/mol. The molecule has 0 bridgehead atoms. The first-order chi connectivity index (χ1) is 18.1. The molecule has 2 aliphatic rings. The first-order valence-electron chi connectivity index (χ1n) is 12.3. The number of aliphatic imine (C=N–C) groups is 1. The van der Waals surface area contributed by atoms with Crippen LogP contribution in [0.5, 0.6) is 0 Å². The smallest absolute Gasteiger partial charge is 0.321 e. The van der Waals surface area contributed by atoms with Gasteiger partial charge in [0.25, 0.3) is 0 Å².